The summed E-state index contributed by atoms with van der Waals surface area (Å²) >= 11 is 7.94. The van der Waals surface area contributed by atoms with Crippen LogP contribution in [0.15, 0.2) is 30.4 Å². The number of allylic oxidation sites excluding steroid dienone is 2. The van der Waals surface area contributed by atoms with Crippen molar-refractivity contribution in [3.05, 3.63) is 38.9 Å². The molecule has 0 saturated carbocycles. The molecular weight excluding hydrogens is 393 g/mol. The molecule has 2 rings (SSSR count). The number of benzene rings is 1. The molecule has 20 heavy (non-hydrogen) atoms. The van der Waals surface area contributed by atoms with E-state index in [4.69, 9.17) is 11.6 Å². The number of nitrogens with one attached hydrogen (secondary N) is 1. The number of hydrogen-bond acceptors (Lipinski definition) is 2. The number of anilines is 1. The van der Waals surface area contributed by atoms with Crippen molar-refractivity contribution in [3.8, 4) is 0 Å². The first-order valence-corrected chi connectivity index (χ1v) is 7.58. The van der Waals surface area contributed by atoms with Gasteiger partial charge in [0.25, 0.3) is 0 Å². The Hall–Kier alpha value is -1.08. The topological polar surface area (TPSA) is 66.4 Å². The number of carboxylic acids is 1. The average molecular weight is 406 g/mol. The first-order chi connectivity index (χ1) is 9.49. The van der Waals surface area contributed by atoms with Gasteiger partial charge in [0.05, 0.1) is 17.5 Å². The highest BCUT2D eigenvalue weighted by atomic mass is 127. The number of halogens is 2. The average Bonchev–Trinajstić information content (AvgIpc) is 2.41. The lowest BCUT2D eigenvalue weighted by atomic mass is 9.82. The molecule has 1 aliphatic rings. The summed E-state index contributed by atoms with van der Waals surface area (Å²) < 4.78 is 0.821. The van der Waals surface area contributed by atoms with Crippen molar-refractivity contribution in [3.63, 3.8) is 0 Å². The quantitative estimate of drug-likeness (QED) is 0.597. The normalized spacial score (nSPS) is 21.5. The molecule has 106 valence electrons. The van der Waals surface area contributed by atoms with E-state index in [1.54, 1.807) is 18.2 Å². The second-order valence-electron chi connectivity index (χ2n) is 4.61. The van der Waals surface area contributed by atoms with Gasteiger partial charge in [-0.2, -0.15) is 0 Å². The molecule has 1 aromatic carbocycles. The molecular formula is C14H13ClINO3. The molecule has 0 heterocycles. The van der Waals surface area contributed by atoms with Gasteiger partial charge in [-0.1, -0.05) is 23.8 Å². The fourth-order valence-corrected chi connectivity index (χ4v) is 3.20. The van der Waals surface area contributed by atoms with Crippen LogP contribution in [0.5, 0.6) is 0 Å². The molecule has 0 saturated heterocycles. The van der Waals surface area contributed by atoms with Crippen LogP contribution in [0.4, 0.5) is 5.69 Å². The number of carbonyl (C=O) groups is 2. The minimum Gasteiger partial charge on any atom is -0.481 e. The summed E-state index contributed by atoms with van der Waals surface area (Å²) in [7, 11) is 0. The lowest BCUT2D eigenvalue weighted by Gasteiger charge is -2.24. The maximum atomic E-state index is 12.3. The monoisotopic (exact) mass is 405 g/mol. The Morgan fingerprint density at radius 3 is 2.50 bits per heavy atom. The van der Waals surface area contributed by atoms with E-state index < -0.39 is 17.8 Å². The standard InChI is InChI=1S/C14H13ClINO3/c15-8-5-6-12(11(16)7-8)17-13(18)9-3-1-2-4-10(9)14(19)20/h1-2,5-7,9-10H,3-4H2,(H,17,18)(H,19,20)/t9-,10+/m1/s1. The van der Waals surface area contributed by atoms with E-state index in [9.17, 15) is 14.7 Å². The molecule has 4 nitrogen and oxygen atoms in total. The van der Waals surface area contributed by atoms with Gasteiger partial charge in [0.15, 0.2) is 0 Å². The predicted molar refractivity (Wildman–Crippen MR) is 85.8 cm³/mol. The van der Waals surface area contributed by atoms with Crippen LogP contribution in [0, 0.1) is 15.4 Å². The van der Waals surface area contributed by atoms with Gasteiger partial charge < -0.3 is 10.4 Å². The molecule has 0 aromatic heterocycles. The number of carbonyl (C=O) groups excluding carboxylic acids is 1. The van der Waals surface area contributed by atoms with Gasteiger partial charge in [-0.3, -0.25) is 9.59 Å². The summed E-state index contributed by atoms with van der Waals surface area (Å²) in [6.45, 7) is 0. The molecule has 0 unspecified atom stereocenters. The van der Waals surface area contributed by atoms with E-state index in [-0.39, 0.29) is 5.91 Å². The van der Waals surface area contributed by atoms with Crippen LogP contribution in [0.2, 0.25) is 5.02 Å². The van der Waals surface area contributed by atoms with Gasteiger partial charge in [0.2, 0.25) is 5.91 Å². The summed E-state index contributed by atoms with van der Waals surface area (Å²) in [5.74, 6) is -2.39. The van der Waals surface area contributed by atoms with Gasteiger partial charge in [-0.15, -0.1) is 0 Å². The minimum atomic E-state index is -0.930. The zero-order valence-corrected chi connectivity index (χ0v) is 13.4. The van der Waals surface area contributed by atoms with Crippen LogP contribution in [-0.4, -0.2) is 17.0 Å². The van der Waals surface area contributed by atoms with Crippen molar-refractivity contribution in [2.45, 2.75) is 12.8 Å². The van der Waals surface area contributed by atoms with Gasteiger partial charge in [-0.05, 0) is 53.6 Å². The van der Waals surface area contributed by atoms with Crippen molar-refractivity contribution in [2.24, 2.45) is 11.8 Å². The molecule has 0 spiro atoms. The Morgan fingerprint density at radius 2 is 1.90 bits per heavy atom. The minimum absolute atomic E-state index is 0.262. The lowest BCUT2D eigenvalue weighted by Crippen LogP contribution is -2.34. The van der Waals surface area contributed by atoms with Crippen LogP contribution < -0.4 is 5.32 Å². The second-order valence-corrected chi connectivity index (χ2v) is 6.21. The Balaban J connectivity index is 2.14. The number of hydrogen-bond donors (Lipinski definition) is 2. The Morgan fingerprint density at radius 1 is 1.25 bits per heavy atom. The maximum absolute atomic E-state index is 12.3. The molecule has 0 radical (unpaired) electrons. The number of amides is 1. The fourth-order valence-electron chi connectivity index (χ4n) is 2.19. The van der Waals surface area contributed by atoms with Crippen molar-refractivity contribution in [1.82, 2.24) is 0 Å². The molecule has 6 heteroatoms. The highest BCUT2D eigenvalue weighted by Gasteiger charge is 2.34. The summed E-state index contributed by atoms with van der Waals surface area (Å²) in [6, 6.07) is 5.15. The van der Waals surface area contributed by atoms with Crippen LogP contribution in [-0.2, 0) is 9.59 Å². The van der Waals surface area contributed by atoms with Gasteiger partial charge >= 0.3 is 5.97 Å². The third-order valence-corrected chi connectivity index (χ3v) is 4.40. The summed E-state index contributed by atoms with van der Waals surface area (Å²) in [5, 5.41) is 12.6. The first kappa shape index (κ1) is 15.3. The lowest BCUT2D eigenvalue weighted by molar-refractivity contribution is -0.146. The van der Waals surface area contributed by atoms with Crippen molar-refractivity contribution < 1.29 is 14.7 Å². The predicted octanol–water partition coefficient (Wildman–Crippen LogP) is 3.55. The smallest absolute Gasteiger partial charge is 0.307 e. The van der Waals surface area contributed by atoms with E-state index in [1.165, 1.54) is 0 Å². The molecule has 2 atom stereocenters. The van der Waals surface area contributed by atoms with E-state index in [0.29, 0.717) is 23.6 Å². The molecule has 1 aliphatic carbocycles. The van der Waals surface area contributed by atoms with E-state index in [1.807, 2.05) is 12.2 Å². The molecule has 1 amide bonds. The van der Waals surface area contributed by atoms with E-state index >= 15 is 0 Å². The first-order valence-electron chi connectivity index (χ1n) is 6.12. The Kier molecular flexibility index (Phi) is 5.04. The Labute approximate surface area is 135 Å². The number of aliphatic carboxylic acids is 1. The highest BCUT2D eigenvalue weighted by molar-refractivity contribution is 14.1. The molecule has 0 fully saturated rings. The van der Waals surface area contributed by atoms with Gasteiger partial charge in [-0.25, -0.2) is 0 Å². The largest absolute Gasteiger partial charge is 0.481 e. The van der Waals surface area contributed by atoms with Crippen LogP contribution in [0.25, 0.3) is 0 Å². The summed E-state index contributed by atoms with van der Waals surface area (Å²) in [4.78, 5) is 23.5. The molecule has 0 aliphatic heterocycles. The zero-order chi connectivity index (χ0) is 14.7. The summed E-state index contributed by atoms with van der Waals surface area (Å²) in [5.41, 5.74) is 0.652. The third kappa shape index (κ3) is 3.52. The Bertz CT molecular complexity index is 574. The van der Waals surface area contributed by atoms with E-state index in [2.05, 4.69) is 27.9 Å². The third-order valence-electron chi connectivity index (χ3n) is 3.28. The van der Waals surface area contributed by atoms with Crippen LogP contribution >= 0.6 is 34.2 Å². The zero-order valence-electron chi connectivity index (χ0n) is 10.5. The fraction of sp³-hybridized carbons (Fsp3) is 0.286. The molecule has 0 bridgehead atoms. The number of rotatable bonds is 3. The highest BCUT2D eigenvalue weighted by Crippen LogP contribution is 2.29. The van der Waals surface area contributed by atoms with Gasteiger partial charge in [0, 0.05) is 8.59 Å². The SMILES string of the molecule is O=C(O)[C@H]1CC=CC[C@H]1C(=O)Nc1ccc(Cl)cc1I. The van der Waals surface area contributed by atoms with Crippen LogP contribution in [0.3, 0.4) is 0 Å². The van der Waals surface area contributed by atoms with Crippen LogP contribution in [0.1, 0.15) is 12.8 Å². The maximum Gasteiger partial charge on any atom is 0.307 e. The number of carboxylic acid groups (broad SMARTS) is 1. The summed E-state index contributed by atoms with van der Waals surface area (Å²) in [6.07, 6.45) is 4.52. The van der Waals surface area contributed by atoms with Gasteiger partial charge in [0.1, 0.15) is 0 Å². The van der Waals surface area contributed by atoms with Crippen molar-refractivity contribution >= 4 is 51.8 Å². The van der Waals surface area contributed by atoms with Crippen molar-refractivity contribution in [1.29, 1.82) is 0 Å². The van der Waals surface area contributed by atoms with E-state index in [0.717, 1.165) is 3.57 Å². The molecule has 2 N–H and O–H groups in total. The van der Waals surface area contributed by atoms with Crippen molar-refractivity contribution in [2.75, 3.05) is 5.32 Å². The molecule has 1 aromatic rings. The second kappa shape index (κ2) is 6.58.